The Morgan fingerprint density at radius 1 is 1.44 bits per heavy atom. The second-order valence-corrected chi connectivity index (χ2v) is 4.20. The molecule has 0 spiro atoms. The lowest BCUT2D eigenvalue weighted by molar-refractivity contribution is 0.0692. The van der Waals surface area contributed by atoms with E-state index in [0.29, 0.717) is 6.61 Å². The highest BCUT2D eigenvalue weighted by atomic mass is 16.5. The van der Waals surface area contributed by atoms with Gasteiger partial charge < -0.3 is 9.84 Å². The van der Waals surface area contributed by atoms with E-state index in [-0.39, 0.29) is 12.2 Å². The number of aliphatic hydroxyl groups is 1. The summed E-state index contributed by atoms with van der Waals surface area (Å²) in [5.74, 6) is 0. The third-order valence-corrected chi connectivity index (χ3v) is 2.81. The largest absolute Gasteiger partial charge is 0.388 e. The Balaban J connectivity index is 1.84. The van der Waals surface area contributed by atoms with Gasteiger partial charge in [-0.25, -0.2) is 0 Å². The van der Waals surface area contributed by atoms with Gasteiger partial charge in [-0.15, -0.1) is 0 Å². The van der Waals surface area contributed by atoms with E-state index < -0.39 is 0 Å². The second kappa shape index (κ2) is 5.28. The van der Waals surface area contributed by atoms with Crippen molar-refractivity contribution >= 4 is 0 Å². The first-order chi connectivity index (χ1) is 7.79. The number of hydrogen-bond acceptors (Lipinski definition) is 2. The minimum absolute atomic E-state index is 0.132. The molecule has 0 bridgehead atoms. The van der Waals surface area contributed by atoms with Crippen molar-refractivity contribution in [1.82, 2.24) is 0 Å². The molecule has 1 aliphatic carbocycles. The van der Waals surface area contributed by atoms with Gasteiger partial charge in [0.25, 0.3) is 0 Å². The average Bonchev–Trinajstić information content (AvgIpc) is 3.01. The summed E-state index contributed by atoms with van der Waals surface area (Å²) < 4.78 is 5.79. The zero-order valence-electron chi connectivity index (χ0n) is 9.60. The fourth-order valence-electron chi connectivity index (χ4n) is 1.64. The molecule has 0 amide bonds. The number of rotatable bonds is 5. The molecule has 2 nitrogen and oxygen atoms in total. The molecule has 1 aliphatic rings. The van der Waals surface area contributed by atoms with Gasteiger partial charge in [-0.3, -0.25) is 0 Å². The highest BCUT2D eigenvalue weighted by Crippen LogP contribution is 2.30. The summed E-state index contributed by atoms with van der Waals surface area (Å²) in [6.45, 7) is 2.74. The molecule has 1 aromatic carbocycles. The first kappa shape index (κ1) is 11.4. The lowest BCUT2D eigenvalue weighted by Gasteiger charge is -2.11. The number of hydrogen-bond donors (Lipinski definition) is 1. The van der Waals surface area contributed by atoms with Crippen molar-refractivity contribution in [2.75, 3.05) is 0 Å². The number of benzene rings is 1. The molecular formula is C14H18O2. The topological polar surface area (TPSA) is 29.5 Å². The van der Waals surface area contributed by atoms with Crippen LogP contribution in [-0.4, -0.2) is 17.3 Å². The van der Waals surface area contributed by atoms with Crippen LogP contribution in [0.25, 0.3) is 0 Å². The Bertz CT molecular complexity index is 356. The van der Waals surface area contributed by atoms with Crippen LogP contribution in [0.5, 0.6) is 0 Å². The van der Waals surface area contributed by atoms with Gasteiger partial charge in [-0.05, 0) is 17.6 Å². The summed E-state index contributed by atoms with van der Waals surface area (Å²) in [4.78, 5) is 0. The molecule has 0 radical (unpaired) electrons. The maximum Gasteiger partial charge on any atom is 0.0790 e. The van der Waals surface area contributed by atoms with Crippen LogP contribution in [0, 0.1) is 0 Å². The van der Waals surface area contributed by atoms with Crippen molar-refractivity contribution in [3.8, 4) is 0 Å². The molecule has 0 heterocycles. The number of aliphatic hydroxyl groups excluding tert-OH is 1. The van der Waals surface area contributed by atoms with Crippen molar-refractivity contribution in [2.24, 2.45) is 0 Å². The van der Waals surface area contributed by atoms with Crippen LogP contribution in [0.1, 0.15) is 25.3 Å². The van der Waals surface area contributed by atoms with Crippen molar-refractivity contribution < 1.29 is 9.84 Å². The third kappa shape index (κ3) is 3.19. The molecule has 2 atom stereocenters. The molecule has 1 saturated carbocycles. The fraction of sp³-hybridized carbons (Fsp3) is 0.429. The first-order valence-electron chi connectivity index (χ1n) is 5.83. The van der Waals surface area contributed by atoms with Gasteiger partial charge in [-0.1, -0.05) is 43.3 Å². The predicted molar refractivity (Wildman–Crippen MR) is 64.0 cm³/mol. The van der Waals surface area contributed by atoms with Gasteiger partial charge in [0.2, 0.25) is 0 Å². The van der Waals surface area contributed by atoms with Crippen LogP contribution in [0.3, 0.4) is 0 Å². The summed E-state index contributed by atoms with van der Waals surface area (Å²) in [5, 5.41) is 9.23. The van der Waals surface area contributed by atoms with Crippen molar-refractivity contribution in [1.29, 1.82) is 0 Å². The molecule has 1 unspecified atom stereocenters. The van der Waals surface area contributed by atoms with Crippen LogP contribution >= 0.6 is 0 Å². The van der Waals surface area contributed by atoms with Gasteiger partial charge in [-0.2, -0.15) is 0 Å². The Hall–Kier alpha value is -1.12. The van der Waals surface area contributed by atoms with Crippen LogP contribution < -0.4 is 0 Å². The van der Waals surface area contributed by atoms with Crippen molar-refractivity contribution in [3.05, 3.63) is 47.5 Å². The van der Waals surface area contributed by atoms with E-state index in [9.17, 15) is 5.11 Å². The monoisotopic (exact) mass is 218 g/mol. The molecule has 1 fully saturated rings. The summed E-state index contributed by atoms with van der Waals surface area (Å²) in [6, 6.07) is 10.2. The molecule has 86 valence electrons. The van der Waals surface area contributed by atoms with Crippen LogP contribution in [0.2, 0.25) is 0 Å². The quantitative estimate of drug-likeness (QED) is 0.770. The van der Waals surface area contributed by atoms with Crippen LogP contribution in [-0.2, 0) is 11.3 Å². The fourth-order valence-corrected chi connectivity index (χ4v) is 1.64. The molecule has 2 heteroatoms. The zero-order chi connectivity index (χ0) is 11.4. The minimum atomic E-state index is -0.200. The lowest BCUT2D eigenvalue weighted by atomic mass is 10.2. The van der Waals surface area contributed by atoms with Gasteiger partial charge in [0.1, 0.15) is 0 Å². The van der Waals surface area contributed by atoms with E-state index in [0.717, 1.165) is 18.4 Å². The maximum atomic E-state index is 9.23. The molecular weight excluding hydrogens is 200 g/mol. The van der Waals surface area contributed by atoms with Crippen molar-refractivity contribution in [2.45, 2.75) is 38.6 Å². The lowest BCUT2D eigenvalue weighted by Crippen LogP contribution is -2.08. The Kier molecular flexibility index (Phi) is 3.75. The minimum Gasteiger partial charge on any atom is -0.388 e. The smallest absolute Gasteiger partial charge is 0.0790 e. The molecule has 0 saturated heterocycles. The third-order valence-electron chi connectivity index (χ3n) is 2.81. The SMILES string of the molecule is CCC(C=C1C[C@@H]1O)OCc1ccccc1. The van der Waals surface area contributed by atoms with Gasteiger partial charge in [0.15, 0.2) is 0 Å². The zero-order valence-corrected chi connectivity index (χ0v) is 9.60. The highest BCUT2D eigenvalue weighted by molar-refractivity contribution is 5.26. The van der Waals surface area contributed by atoms with Gasteiger partial charge in [0.05, 0.1) is 18.8 Å². The van der Waals surface area contributed by atoms with E-state index in [1.165, 1.54) is 5.56 Å². The molecule has 0 aliphatic heterocycles. The molecule has 0 aromatic heterocycles. The summed E-state index contributed by atoms with van der Waals surface area (Å²) in [7, 11) is 0. The van der Waals surface area contributed by atoms with E-state index in [2.05, 4.69) is 25.1 Å². The van der Waals surface area contributed by atoms with Crippen molar-refractivity contribution in [3.63, 3.8) is 0 Å². The van der Waals surface area contributed by atoms with E-state index in [1.807, 2.05) is 18.2 Å². The van der Waals surface area contributed by atoms with Crippen LogP contribution in [0.15, 0.2) is 42.0 Å². The molecule has 1 N–H and O–H groups in total. The Labute approximate surface area is 96.6 Å². The summed E-state index contributed by atoms with van der Waals surface area (Å²) >= 11 is 0. The average molecular weight is 218 g/mol. The molecule has 2 rings (SSSR count). The highest BCUT2D eigenvalue weighted by Gasteiger charge is 2.27. The first-order valence-corrected chi connectivity index (χ1v) is 5.83. The van der Waals surface area contributed by atoms with Gasteiger partial charge >= 0.3 is 0 Å². The maximum absolute atomic E-state index is 9.23. The number of ether oxygens (including phenoxy) is 1. The standard InChI is InChI=1S/C14H18O2/c1-2-13(8-12-9-14(12)15)16-10-11-6-4-3-5-7-11/h3-8,13-15H,2,9-10H2,1H3/t13?,14-/m0/s1. The van der Waals surface area contributed by atoms with Crippen LogP contribution in [0.4, 0.5) is 0 Å². The van der Waals surface area contributed by atoms with Gasteiger partial charge in [0, 0.05) is 6.42 Å². The van der Waals surface area contributed by atoms with E-state index in [4.69, 9.17) is 4.74 Å². The molecule has 1 aromatic rings. The molecule has 16 heavy (non-hydrogen) atoms. The van der Waals surface area contributed by atoms with E-state index in [1.54, 1.807) is 0 Å². The van der Waals surface area contributed by atoms with E-state index >= 15 is 0 Å². The predicted octanol–water partition coefficient (Wildman–Crippen LogP) is 2.67. The summed E-state index contributed by atoms with van der Waals surface area (Å²) in [6.07, 6.45) is 3.77. The second-order valence-electron chi connectivity index (χ2n) is 4.20. The Morgan fingerprint density at radius 2 is 2.12 bits per heavy atom. The Morgan fingerprint density at radius 3 is 2.69 bits per heavy atom. The summed E-state index contributed by atoms with van der Waals surface area (Å²) in [5.41, 5.74) is 2.32. The normalized spacial score (nSPS) is 23.4.